The SMILES string of the molecule is C=CCC(C=O)C(C)C1CCCCC1. The molecule has 0 radical (unpaired) electrons. The molecular formula is C13H22O. The first-order valence-corrected chi connectivity index (χ1v) is 5.85. The van der Waals surface area contributed by atoms with Crippen LogP contribution in [0.25, 0.3) is 0 Å². The van der Waals surface area contributed by atoms with Crippen molar-refractivity contribution in [3.8, 4) is 0 Å². The summed E-state index contributed by atoms with van der Waals surface area (Å²) in [6.07, 6.45) is 10.6. The molecule has 1 saturated carbocycles. The third-order valence-electron chi connectivity index (χ3n) is 3.68. The van der Waals surface area contributed by atoms with E-state index in [-0.39, 0.29) is 5.92 Å². The molecule has 1 fully saturated rings. The summed E-state index contributed by atoms with van der Waals surface area (Å²) in [6.45, 7) is 5.95. The molecule has 0 aliphatic heterocycles. The first-order valence-electron chi connectivity index (χ1n) is 5.85. The standard InChI is InChI=1S/C13H22O/c1-3-7-13(10-14)11(2)12-8-5-4-6-9-12/h3,10-13H,1,4-9H2,2H3. The van der Waals surface area contributed by atoms with Crippen molar-refractivity contribution in [2.45, 2.75) is 45.4 Å². The molecule has 0 aromatic carbocycles. The Balaban J connectivity index is 2.46. The Morgan fingerprint density at radius 2 is 2.00 bits per heavy atom. The predicted octanol–water partition coefficient (Wildman–Crippen LogP) is 3.59. The van der Waals surface area contributed by atoms with Gasteiger partial charge in [-0.3, -0.25) is 0 Å². The van der Waals surface area contributed by atoms with Crippen LogP contribution >= 0.6 is 0 Å². The lowest BCUT2D eigenvalue weighted by Crippen LogP contribution is -2.23. The van der Waals surface area contributed by atoms with Gasteiger partial charge in [0.05, 0.1) is 0 Å². The van der Waals surface area contributed by atoms with Crippen molar-refractivity contribution >= 4 is 6.29 Å². The predicted molar refractivity (Wildman–Crippen MR) is 60.1 cm³/mol. The normalized spacial score (nSPS) is 22.6. The molecule has 0 bridgehead atoms. The highest BCUT2D eigenvalue weighted by Gasteiger charge is 2.25. The molecule has 0 spiro atoms. The Hall–Kier alpha value is -0.590. The molecule has 80 valence electrons. The Labute approximate surface area is 87.6 Å². The van der Waals surface area contributed by atoms with Gasteiger partial charge in [0.25, 0.3) is 0 Å². The van der Waals surface area contributed by atoms with E-state index in [0.29, 0.717) is 5.92 Å². The van der Waals surface area contributed by atoms with Crippen molar-refractivity contribution in [1.82, 2.24) is 0 Å². The van der Waals surface area contributed by atoms with Gasteiger partial charge in [-0.25, -0.2) is 0 Å². The highest BCUT2D eigenvalue weighted by atomic mass is 16.1. The van der Waals surface area contributed by atoms with Gasteiger partial charge in [0.2, 0.25) is 0 Å². The smallest absolute Gasteiger partial charge is 0.123 e. The minimum atomic E-state index is 0.204. The summed E-state index contributed by atoms with van der Waals surface area (Å²) in [4.78, 5) is 10.9. The second-order valence-electron chi connectivity index (χ2n) is 4.58. The van der Waals surface area contributed by atoms with Crippen LogP contribution in [0.5, 0.6) is 0 Å². The number of hydrogen-bond donors (Lipinski definition) is 0. The molecule has 1 nitrogen and oxygen atoms in total. The van der Waals surface area contributed by atoms with Crippen molar-refractivity contribution in [2.24, 2.45) is 17.8 Å². The fourth-order valence-corrected chi connectivity index (χ4v) is 2.60. The van der Waals surface area contributed by atoms with Gasteiger partial charge in [0, 0.05) is 5.92 Å². The molecule has 1 rings (SSSR count). The number of rotatable bonds is 5. The Morgan fingerprint density at radius 1 is 1.36 bits per heavy atom. The number of carbonyl (C=O) groups is 1. The maximum absolute atomic E-state index is 10.9. The van der Waals surface area contributed by atoms with Gasteiger partial charge < -0.3 is 4.79 Å². The lowest BCUT2D eigenvalue weighted by atomic mass is 9.74. The lowest BCUT2D eigenvalue weighted by Gasteiger charge is -2.30. The quantitative estimate of drug-likeness (QED) is 0.483. The van der Waals surface area contributed by atoms with Crippen LogP contribution in [0, 0.1) is 17.8 Å². The van der Waals surface area contributed by atoms with E-state index in [4.69, 9.17) is 0 Å². The van der Waals surface area contributed by atoms with Crippen molar-refractivity contribution in [1.29, 1.82) is 0 Å². The average molecular weight is 194 g/mol. The molecular weight excluding hydrogens is 172 g/mol. The Morgan fingerprint density at radius 3 is 2.50 bits per heavy atom. The highest BCUT2D eigenvalue weighted by Crippen LogP contribution is 2.34. The molecule has 2 atom stereocenters. The van der Waals surface area contributed by atoms with E-state index in [1.807, 2.05) is 6.08 Å². The van der Waals surface area contributed by atoms with Crippen LogP contribution < -0.4 is 0 Å². The molecule has 0 heterocycles. The molecule has 0 aromatic rings. The van der Waals surface area contributed by atoms with Crippen LogP contribution in [0.4, 0.5) is 0 Å². The minimum absolute atomic E-state index is 0.204. The topological polar surface area (TPSA) is 17.1 Å². The summed E-state index contributed by atoms with van der Waals surface area (Å²) in [5, 5.41) is 0. The van der Waals surface area contributed by atoms with Gasteiger partial charge in [-0.2, -0.15) is 0 Å². The third-order valence-corrected chi connectivity index (χ3v) is 3.68. The largest absolute Gasteiger partial charge is 0.303 e. The fraction of sp³-hybridized carbons (Fsp3) is 0.769. The lowest BCUT2D eigenvalue weighted by molar-refractivity contribution is -0.113. The van der Waals surface area contributed by atoms with E-state index in [1.165, 1.54) is 32.1 Å². The molecule has 2 unspecified atom stereocenters. The van der Waals surface area contributed by atoms with E-state index in [9.17, 15) is 4.79 Å². The summed E-state index contributed by atoms with van der Waals surface area (Å²) in [7, 11) is 0. The summed E-state index contributed by atoms with van der Waals surface area (Å²) >= 11 is 0. The zero-order valence-corrected chi connectivity index (χ0v) is 9.24. The zero-order chi connectivity index (χ0) is 10.4. The van der Waals surface area contributed by atoms with Gasteiger partial charge in [-0.1, -0.05) is 45.1 Å². The van der Waals surface area contributed by atoms with Crippen molar-refractivity contribution in [3.63, 3.8) is 0 Å². The molecule has 0 amide bonds. The van der Waals surface area contributed by atoms with Crippen molar-refractivity contribution < 1.29 is 4.79 Å². The summed E-state index contributed by atoms with van der Waals surface area (Å²) in [5.41, 5.74) is 0. The molecule has 1 aliphatic rings. The van der Waals surface area contributed by atoms with Gasteiger partial charge >= 0.3 is 0 Å². The molecule has 1 aliphatic carbocycles. The Kier molecular flexibility index (Phi) is 4.92. The van der Waals surface area contributed by atoms with E-state index >= 15 is 0 Å². The van der Waals surface area contributed by atoms with E-state index in [0.717, 1.165) is 18.6 Å². The number of aldehydes is 1. The molecule has 1 heteroatoms. The van der Waals surface area contributed by atoms with Crippen molar-refractivity contribution in [3.05, 3.63) is 12.7 Å². The molecule has 0 N–H and O–H groups in total. The Bertz CT molecular complexity index is 180. The van der Waals surface area contributed by atoms with Crippen LogP contribution in [0.15, 0.2) is 12.7 Å². The maximum atomic E-state index is 10.9. The van der Waals surface area contributed by atoms with E-state index in [1.54, 1.807) is 0 Å². The van der Waals surface area contributed by atoms with E-state index < -0.39 is 0 Å². The third kappa shape index (κ3) is 2.97. The molecule has 0 saturated heterocycles. The first-order chi connectivity index (χ1) is 6.79. The molecule has 0 aromatic heterocycles. The van der Waals surface area contributed by atoms with Crippen LogP contribution in [0.2, 0.25) is 0 Å². The van der Waals surface area contributed by atoms with E-state index in [2.05, 4.69) is 13.5 Å². The second kappa shape index (κ2) is 6.00. The van der Waals surface area contributed by atoms with Gasteiger partial charge in [0.1, 0.15) is 6.29 Å². The summed E-state index contributed by atoms with van der Waals surface area (Å²) in [6, 6.07) is 0. The van der Waals surface area contributed by atoms with Gasteiger partial charge in [0.15, 0.2) is 0 Å². The zero-order valence-electron chi connectivity index (χ0n) is 9.24. The summed E-state index contributed by atoms with van der Waals surface area (Å²) < 4.78 is 0. The maximum Gasteiger partial charge on any atom is 0.123 e. The van der Waals surface area contributed by atoms with Crippen LogP contribution in [-0.4, -0.2) is 6.29 Å². The summed E-state index contributed by atoms with van der Waals surface area (Å²) in [5.74, 6) is 1.53. The number of hydrogen-bond acceptors (Lipinski definition) is 1. The monoisotopic (exact) mass is 194 g/mol. The van der Waals surface area contributed by atoms with Gasteiger partial charge in [-0.15, -0.1) is 6.58 Å². The highest BCUT2D eigenvalue weighted by molar-refractivity contribution is 5.54. The minimum Gasteiger partial charge on any atom is -0.303 e. The number of allylic oxidation sites excluding steroid dienone is 1. The van der Waals surface area contributed by atoms with Crippen LogP contribution in [0.3, 0.4) is 0 Å². The molecule has 14 heavy (non-hydrogen) atoms. The average Bonchev–Trinajstić information content (AvgIpc) is 2.26. The fourth-order valence-electron chi connectivity index (χ4n) is 2.60. The van der Waals surface area contributed by atoms with Gasteiger partial charge in [-0.05, 0) is 18.3 Å². The van der Waals surface area contributed by atoms with Crippen LogP contribution in [0.1, 0.15) is 45.4 Å². The second-order valence-corrected chi connectivity index (χ2v) is 4.58. The van der Waals surface area contributed by atoms with Crippen molar-refractivity contribution in [2.75, 3.05) is 0 Å². The van der Waals surface area contributed by atoms with Crippen LogP contribution in [-0.2, 0) is 4.79 Å². The first kappa shape index (κ1) is 11.5. The number of carbonyl (C=O) groups excluding carboxylic acids is 1.